The molecule has 0 saturated heterocycles. The maximum absolute atomic E-state index is 6.25. The van der Waals surface area contributed by atoms with E-state index in [9.17, 15) is 0 Å². The lowest BCUT2D eigenvalue weighted by molar-refractivity contribution is 0.399. The SMILES string of the molecule is CN(C)CCNCc1ccccc1Sc1ccccc1Cl. The molecule has 0 aliphatic rings. The molecule has 4 heteroatoms. The van der Waals surface area contributed by atoms with Crippen molar-refractivity contribution in [1.82, 2.24) is 10.2 Å². The van der Waals surface area contributed by atoms with E-state index < -0.39 is 0 Å². The first-order chi connectivity index (χ1) is 10.2. The van der Waals surface area contributed by atoms with Crippen molar-refractivity contribution in [2.75, 3.05) is 27.2 Å². The minimum atomic E-state index is 0.804. The van der Waals surface area contributed by atoms with Gasteiger partial charge < -0.3 is 10.2 Å². The molecule has 0 unspecified atom stereocenters. The first-order valence-corrected chi connectivity index (χ1v) is 8.22. The number of rotatable bonds is 7. The van der Waals surface area contributed by atoms with Gasteiger partial charge in [0.25, 0.3) is 0 Å². The van der Waals surface area contributed by atoms with E-state index in [1.165, 1.54) is 10.5 Å². The fourth-order valence-corrected chi connectivity index (χ4v) is 3.14. The highest BCUT2D eigenvalue weighted by Crippen LogP contribution is 2.34. The van der Waals surface area contributed by atoms with Gasteiger partial charge in [0, 0.05) is 29.4 Å². The van der Waals surface area contributed by atoms with Crippen molar-refractivity contribution < 1.29 is 0 Å². The number of halogens is 1. The van der Waals surface area contributed by atoms with Crippen LogP contribution in [-0.2, 0) is 6.54 Å². The summed E-state index contributed by atoms with van der Waals surface area (Å²) in [5, 5.41) is 4.29. The average Bonchev–Trinajstić information content (AvgIpc) is 2.47. The van der Waals surface area contributed by atoms with Gasteiger partial charge in [-0.2, -0.15) is 0 Å². The van der Waals surface area contributed by atoms with Gasteiger partial charge in [-0.1, -0.05) is 53.7 Å². The second-order valence-electron chi connectivity index (χ2n) is 5.12. The van der Waals surface area contributed by atoms with Crippen LogP contribution in [0.5, 0.6) is 0 Å². The molecule has 21 heavy (non-hydrogen) atoms. The van der Waals surface area contributed by atoms with Crippen molar-refractivity contribution in [3.8, 4) is 0 Å². The van der Waals surface area contributed by atoms with Crippen molar-refractivity contribution in [3.05, 3.63) is 59.1 Å². The lowest BCUT2D eigenvalue weighted by atomic mass is 10.2. The van der Waals surface area contributed by atoms with Crippen molar-refractivity contribution in [3.63, 3.8) is 0 Å². The molecule has 0 aliphatic heterocycles. The fraction of sp³-hybridized carbons (Fsp3) is 0.294. The maximum atomic E-state index is 6.25. The number of hydrogen-bond acceptors (Lipinski definition) is 3. The van der Waals surface area contributed by atoms with E-state index in [2.05, 4.69) is 54.6 Å². The van der Waals surface area contributed by atoms with E-state index in [1.807, 2.05) is 18.2 Å². The van der Waals surface area contributed by atoms with Crippen molar-refractivity contribution in [2.24, 2.45) is 0 Å². The molecule has 2 rings (SSSR count). The van der Waals surface area contributed by atoms with Crippen LogP contribution in [0.25, 0.3) is 0 Å². The Morgan fingerprint density at radius 3 is 2.38 bits per heavy atom. The standard InChI is InChI=1S/C17H21ClN2S/c1-20(2)12-11-19-13-14-7-3-5-9-16(14)21-17-10-6-4-8-15(17)18/h3-10,19H,11-13H2,1-2H3. The minimum Gasteiger partial charge on any atom is -0.311 e. The highest BCUT2D eigenvalue weighted by atomic mass is 35.5. The summed E-state index contributed by atoms with van der Waals surface area (Å²) in [7, 11) is 4.17. The number of likely N-dealkylation sites (N-methyl/N-ethyl adjacent to an activating group) is 1. The van der Waals surface area contributed by atoms with Crippen LogP contribution in [0.3, 0.4) is 0 Å². The molecular formula is C17H21ClN2S. The van der Waals surface area contributed by atoms with E-state index in [4.69, 9.17) is 11.6 Å². The van der Waals surface area contributed by atoms with Crippen LogP contribution in [0.2, 0.25) is 5.02 Å². The van der Waals surface area contributed by atoms with Gasteiger partial charge in [0.15, 0.2) is 0 Å². The van der Waals surface area contributed by atoms with E-state index >= 15 is 0 Å². The minimum absolute atomic E-state index is 0.804. The molecule has 0 saturated carbocycles. The summed E-state index contributed by atoms with van der Waals surface area (Å²) in [5.41, 5.74) is 1.31. The number of nitrogens with one attached hydrogen (secondary N) is 1. The normalized spacial score (nSPS) is 11.0. The lowest BCUT2D eigenvalue weighted by Crippen LogP contribution is -2.26. The van der Waals surface area contributed by atoms with Crippen molar-refractivity contribution in [1.29, 1.82) is 0 Å². The Kier molecular flexibility index (Phi) is 6.58. The Balaban J connectivity index is 2.01. The summed E-state index contributed by atoms with van der Waals surface area (Å²) in [6.07, 6.45) is 0. The second-order valence-corrected chi connectivity index (χ2v) is 6.61. The molecule has 112 valence electrons. The van der Waals surface area contributed by atoms with Gasteiger partial charge >= 0.3 is 0 Å². The van der Waals surface area contributed by atoms with Crippen LogP contribution in [0.4, 0.5) is 0 Å². The molecule has 0 fully saturated rings. The van der Waals surface area contributed by atoms with Crippen LogP contribution in [0.1, 0.15) is 5.56 Å². The highest BCUT2D eigenvalue weighted by molar-refractivity contribution is 7.99. The molecule has 0 spiro atoms. The molecule has 0 aromatic heterocycles. The Bertz CT molecular complexity index is 572. The van der Waals surface area contributed by atoms with Gasteiger partial charge in [-0.05, 0) is 37.9 Å². The van der Waals surface area contributed by atoms with E-state index in [1.54, 1.807) is 11.8 Å². The Labute approximate surface area is 136 Å². The predicted octanol–water partition coefficient (Wildman–Crippen LogP) is 4.14. The molecule has 0 atom stereocenters. The second kappa shape index (κ2) is 8.44. The van der Waals surface area contributed by atoms with E-state index in [0.29, 0.717) is 0 Å². The molecule has 0 radical (unpaired) electrons. The third-order valence-corrected chi connectivity index (χ3v) is 4.72. The molecule has 2 aromatic rings. The summed E-state index contributed by atoms with van der Waals surface area (Å²) in [6.45, 7) is 2.90. The van der Waals surface area contributed by atoms with Crippen molar-refractivity contribution >= 4 is 23.4 Å². The molecule has 0 heterocycles. The Morgan fingerprint density at radius 1 is 1.00 bits per heavy atom. The van der Waals surface area contributed by atoms with Gasteiger partial charge in [-0.25, -0.2) is 0 Å². The topological polar surface area (TPSA) is 15.3 Å². The molecule has 2 nitrogen and oxygen atoms in total. The molecule has 0 aliphatic carbocycles. The summed E-state index contributed by atoms with van der Waals surface area (Å²) in [6, 6.07) is 16.4. The van der Waals surface area contributed by atoms with E-state index in [-0.39, 0.29) is 0 Å². The van der Waals surface area contributed by atoms with Crippen LogP contribution in [0, 0.1) is 0 Å². The van der Waals surface area contributed by atoms with Gasteiger partial charge in [0.1, 0.15) is 0 Å². The molecular weight excluding hydrogens is 300 g/mol. The smallest absolute Gasteiger partial charge is 0.0545 e. The van der Waals surface area contributed by atoms with E-state index in [0.717, 1.165) is 29.6 Å². The third-order valence-electron chi connectivity index (χ3n) is 3.08. The van der Waals surface area contributed by atoms with Crippen molar-refractivity contribution in [2.45, 2.75) is 16.3 Å². The zero-order chi connectivity index (χ0) is 15.1. The third kappa shape index (κ3) is 5.36. The number of benzene rings is 2. The summed E-state index contributed by atoms with van der Waals surface area (Å²) in [5.74, 6) is 0. The lowest BCUT2D eigenvalue weighted by Gasteiger charge is -2.13. The van der Waals surface area contributed by atoms with Crippen LogP contribution in [0.15, 0.2) is 58.3 Å². The zero-order valence-electron chi connectivity index (χ0n) is 12.5. The van der Waals surface area contributed by atoms with Crippen LogP contribution in [-0.4, -0.2) is 32.1 Å². The average molecular weight is 321 g/mol. The molecule has 1 N–H and O–H groups in total. The Morgan fingerprint density at radius 2 is 1.67 bits per heavy atom. The highest BCUT2D eigenvalue weighted by Gasteiger charge is 2.06. The number of nitrogens with zero attached hydrogens (tertiary/aromatic N) is 1. The Hall–Kier alpha value is -1.00. The van der Waals surface area contributed by atoms with Crippen LogP contribution >= 0.6 is 23.4 Å². The molecule has 0 amide bonds. The number of hydrogen-bond donors (Lipinski definition) is 1. The predicted molar refractivity (Wildman–Crippen MR) is 92.3 cm³/mol. The summed E-state index contributed by atoms with van der Waals surface area (Å²) >= 11 is 7.97. The van der Waals surface area contributed by atoms with Crippen LogP contribution < -0.4 is 5.32 Å². The maximum Gasteiger partial charge on any atom is 0.0545 e. The molecule has 2 aromatic carbocycles. The van der Waals surface area contributed by atoms with Gasteiger partial charge in [0.05, 0.1) is 5.02 Å². The first-order valence-electron chi connectivity index (χ1n) is 7.02. The zero-order valence-corrected chi connectivity index (χ0v) is 14.0. The molecule has 0 bridgehead atoms. The summed E-state index contributed by atoms with van der Waals surface area (Å²) < 4.78 is 0. The van der Waals surface area contributed by atoms with Gasteiger partial charge in [-0.3, -0.25) is 0 Å². The quantitative estimate of drug-likeness (QED) is 0.772. The first kappa shape index (κ1) is 16.4. The summed E-state index contributed by atoms with van der Waals surface area (Å²) in [4.78, 5) is 4.53. The largest absolute Gasteiger partial charge is 0.311 e. The van der Waals surface area contributed by atoms with Gasteiger partial charge in [0.2, 0.25) is 0 Å². The fourth-order valence-electron chi connectivity index (χ4n) is 1.92. The van der Waals surface area contributed by atoms with Gasteiger partial charge in [-0.15, -0.1) is 0 Å². The monoisotopic (exact) mass is 320 g/mol.